The van der Waals surface area contributed by atoms with E-state index in [-0.39, 0.29) is 5.91 Å². The Morgan fingerprint density at radius 2 is 2.18 bits per heavy atom. The second-order valence-corrected chi connectivity index (χ2v) is 7.46. The van der Waals surface area contributed by atoms with E-state index in [2.05, 4.69) is 43.2 Å². The van der Waals surface area contributed by atoms with Crippen molar-refractivity contribution in [2.24, 2.45) is 5.92 Å². The van der Waals surface area contributed by atoms with Gasteiger partial charge in [-0.05, 0) is 55.7 Å². The van der Waals surface area contributed by atoms with Gasteiger partial charge >= 0.3 is 0 Å². The third kappa shape index (κ3) is 3.38. The van der Waals surface area contributed by atoms with Crippen LogP contribution < -0.4 is 5.32 Å². The number of fused-ring (bicyclic) bond motifs is 1. The number of aryl methyl sites for hydroxylation is 3. The number of anilines is 1. The van der Waals surface area contributed by atoms with E-state index >= 15 is 0 Å². The fourth-order valence-electron chi connectivity index (χ4n) is 2.86. The number of nitrogens with zero attached hydrogens (tertiary/aromatic N) is 1. The Hall–Kier alpha value is -1.68. The summed E-state index contributed by atoms with van der Waals surface area (Å²) in [5, 5.41) is 3.72. The molecule has 1 N–H and O–H groups in total. The number of rotatable bonds is 3. The van der Waals surface area contributed by atoms with Gasteiger partial charge in [0.2, 0.25) is 5.91 Å². The van der Waals surface area contributed by atoms with Crippen LogP contribution in [-0.4, -0.2) is 10.9 Å². The highest BCUT2D eigenvalue weighted by Gasteiger charge is 2.20. The molecule has 3 nitrogen and oxygen atoms in total. The minimum Gasteiger partial charge on any atom is -0.302 e. The minimum absolute atomic E-state index is 0.0161. The molecule has 1 aliphatic carbocycles. The predicted octanol–water partition coefficient (Wildman–Crippen LogP) is 4.07. The highest BCUT2D eigenvalue weighted by Crippen LogP contribution is 2.32. The Balaban J connectivity index is 1.65. The Morgan fingerprint density at radius 1 is 1.36 bits per heavy atom. The van der Waals surface area contributed by atoms with E-state index in [0.717, 1.165) is 29.5 Å². The van der Waals surface area contributed by atoms with Crippen LogP contribution in [0.25, 0.3) is 0 Å². The molecular weight excluding hydrogens is 292 g/mol. The second kappa shape index (κ2) is 6.21. The molecule has 1 aromatic heterocycles. The fourth-order valence-corrected chi connectivity index (χ4v) is 4.04. The molecule has 0 saturated carbocycles. The van der Waals surface area contributed by atoms with Gasteiger partial charge < -0.3 is 5.32 Å². The van der Waals surface area contributed by atoms with Crippen LogP contribution in [0.15, 0.2) is 18.2 Å². The Morgan fingerprint density at radius 3 is 2.95 bits per heavy atom. The highest BCUT2D eigenvalue weighted by molar-refractivity contribution is 7.15. The molecule has 4 heteroatoms. The van der Waals surface area contributed by atoms with E-state index in [9.17, 15) is 4.79 Å². The minimum atomic E-state index is 0.0161. The van der Waals surface area contributed by atoms with Gasteiger partial charge in [0.25, 0.3) is 0 Å². The zero-order valence-electron chi connectivity index (χ0n) is 13.4. The smallest absolute Gasteiger partial charge is 0.230 e. The topological polar surface area (TPSA) is 42.0 Å². The van der Waals surface area contributed by atoms with Crippen LogP contribution in [-0.2, 0) is 24.1 Å². The van der Waals surface area contributed by atoms with Gasteiger partial charge in [0.1, 0.15) is 0 Å². The van der Waals surface area contributed by atoms with Crippen molar-refractivity contribution in [3.63, 3.8) is 0 Å². The summed E-state index contributed by atoms with van der Waals surface area (Å²) in [6, 6.07) is 6.18. The molecule has 1 heterocycles. The Kier molecular flexibility index (Phi) is 4.30. The lowest BCUT2D eigenvalue weighted by Gasteiger charge is -2.15. The van der Waals surface area contributed by atoms with Gasteiger partial charge in [-0.15, -0.1) is 11.3 Å². The molecule has 22 heavy (non-hydrogen) atoms. The van der Waals surface area contributed by atoms with Crippen LogP contribution in [0.1, 0.15) is 40.6 Å². The maximum absolute atomic E-state index is 12.2. The molecule has 116 valence electrons. The van der Waals surface area contributed by atoms with Crippen LogP contribution >= 0.6 is 11.3 Å². The molecule has 0 saturated heterocycles. The van der Waals surface area contributed by atoms with Gasteiger partial charge in [-0.3, -0.25) is 4.79 Å². The van der Waals surface area contributed by atoms with Gasteiger partial charge in [0.15, 0.2) is 5.13 Å². The van der Waals surface area contributed by atoms with Gasteiger partial charge in [-0.1, -0.05) is 25.1 Å². The first-order chi connectivity index (χ1) is 10.5. The molecule has 0 fully saturated rings. The molecule has 0 unspecified atom stereocenters. The first-order valence-electron chi connectivity index (χ1n) is 7.86. The van der Waals surface area contributed by atoms with Crippen molar-refractivity contribution in [2.75, 3.05) is 5.32 Å². The third-order valence-electron chi connectivity index (χ3n) is 4.37. The SMILES string of the molecule is Cc1ccc(CC(=O)Nc2nc3c(s2)C[C@H](C)CC3)cc1C. The van der Waals surface area contributed by atoms with Crippen molar-refractivity contribution in [1.29, 1.82) is 0 Å². The number of carbonyl (C=O) groups is 1. The number of benzene rings is 1. The predicted molar refractivity (Wildman–Crippen MR) is 91.6 cm³/mol. The quantitative estimate of drug-likeness (QED) is 0.928. The summed E-state index contributed by atoms with van der Waals surface area (Å²) in [7, 11) is 0. The van der Waals surface area contributed by atoms with Crippen LogP contribution in [0.2, 0.25) is 0 Å². The van der Waals surface area contributed by atoms with E-state index in [1.165, 1.54) is 28.1 Å². The van der Waals surface area contributed by atoms with Crippen molar-refractivity contribution in [3.05, 3.63) is 45.5 Å². The van der Waals surface area contributed by atoms with Crippen molar-refractivity contribution in [3.8, 4) is 0 Å². The van der Waals surface area contributed by atoms with Gasteiger partial charge in [0, 0.05) is 4.88 Å². The van der Waals surface area contributed by atoms with Crippen LogP contribution in [0.3, 0.4) is 0 Å². The molecule has 1 aliphatic rings. The molecule has 1 aromatic carbocycles. The number of hydrogen-bond acceptors (Lipinski definition) is 3. The van der Waals surface area contributed by atoms with Crippen molar-refractivity contribution < 1.29 is 4.79 Å². The summed E-state index contributed by atoms with van der Waals surface area (Å²) in [5.41, 5.74) is 4.72. The van der Waals surface area contributed by atoms with E-state index < -0.39 is 0 Å². The average molecular weight is 314 g/mol. The average Bonchev–Trinajstić information content (AvgIpc) is 2.84. The molecular formula is C18H22N2OS. The monoisotopic (exact) mass is 314 g/mol. The zero-order chi connectivity index (χ0) is 15.7. The third-order valence-corrected chi connectivity index (χ3v) is 5.40. The molecule has 0 spiro atoms. The van der Waals surface area contributed by atoms with Crippen molar-refractivity contribution >= 4 is 22.4 Å². The summed E-state index contributed by atoms with van der Waals surface area (Å²) in [4.78, 5) is 18.1. The number of hydrogen-bond donors (Lipinski definition) is 1. The lowest BCUT2D eigenvalue weighted by Crippen LogP contribution is -2.14. The zero-order valence-corrected chi connectivity index (χ0v) is 14.2. The maximum Gasteiger partial charge on any atom is 0.230 e. The summed E-state index contributed by atoms with van der Waals surface area (Å²) < 4.78 is 0. The lowest BCUT2D eigenvalue weighted by molar-refractivity contribution is -0.115. The van der Waals surface area contributed by atoms with Gasteiger partial charge in [-0.2, -0.15) is 0 Å². The molecule has 2 aromatic rings. The number of amides is 1. The van der Waals surface area contributed by atoms with Crippen LogP contribution in [0, 0.1) is 19.8 Å². The lowest BCUT2D eigenvalue weighted by atomic mass is 9.93. The molecule has 0 bridgehead atoms. The van der Waals surface area contributed by atoms with Crippen LogP contribution in [0.5, 0.6) is 0 Å². The normalized spacial score (nSPS) is 17.1. The summed E-state index contributed by atoms with van der Waals surface area (Å²) in [6.07, 6.45) is 3.74. The summed E-state index contributed by atoms with van der Waals surface area (Å²) >= 11 is 1.64. The molecule has 1 atom stereocenters. The van der Waals surface area contributed by atoms with E-state index in [1.807, 2.05) is 6.07 Å². The van der Waals surface area contributed by atoms with Gasteiger partial charge in [-0.25, -0.2) is 4.98 Å². The number of carbonyl (C=O) groups excluding carboxylic acids is 1. The standard InChI is InChI=1S/C18H22N2OS/c1-11-4-7-15-16(8-11)22-18(19-15)20-17(21)10-14-6-5-12(2)13(3)9-14/h5-6,9,11H,4,7-8,10H2,1-3H3,(H,19,20,21)/t11-/m1/s1. The number of nitrogens with one attached hydrogen (secondary N) is 1. The summed E-state index contributed by atoms with van der Waals surface area (Å²) in [5.74, 6) is 0.745. The van der Waals surface area contributed by atoms with Crippen LogP contribution in [0.4, 0.5) is 5.13 Å². The molecule has 0 aliphatic heterocycles. The molecule has 3 rings (SSSR count). The maximum atomic E-state index is 12.2. The largest absolute Gasteiger partial charge is 0.302 e. The molecule has 0 radical (unpaired) electrons. The highest BCUT2D eigenvalue weighted by atomic mass is 32.1. The van der Waals surface area contributed by atoms with Crippen molar-refractivity contribution in [2.45, 2.75) is 46.5 Å². The second-order valence-electron chi connectivity index (χ2n) is 6.38. The Bertz CT molecular complexity index is 705. The van der Waals surface area contributed by atoms with E-state index in [4.69, 9.17) is 0 Å². The number of thiazole rings is 1. The van der Waals surface area contributed by atoms with Gasteiger partial charge in [0.05, 0.1) is 12.1 Å². The van der Waals surface area contributed by atoms with E-state index in [0.29, 0.717) is 6.42 Å². The fraction of sp³-hybridized carbons (Fsp3) is 0.444. The van der Waals surface area contributed by atoms with Crippen molar-refractivity contribution in [1.82, 2.24) is 4.98 Å². The first kappa shape index (κ1) is 15.2. The van der Waals surface area contributed by atoms with E-state index in [1.54, 1.807) is 11.3 Å². The first-order valence-corrected chi connectivity index (χ1v) is 8.67. The summed E-state index contributed by atoms with van der Waals surface area (Å²) in [6.45, 7) is 6.44. The molecule has 1 amide bonds. The number of aromatic nitrogens is 1. The Labute approximate surface area is 135 Å².